The predicted molar refractivity (Wildman–Crippen MR) is 71.0 cm³/mol. The van der Waals surface area contributed by atoms with Gasteiger partial charge in [0.25, 0.3) is 0 Å². The van der Waals surface area contributed by atoms with Crippen molar-refractivity contribution in [3.8, 4) is 11.4 Å². The van der Waals surface area contributed by atoms with Crippen LogP contribution in [0.5, 0.6) is 0 Å². The highest BCUT2D eigenvalue weighted by atomic mass is 16.4. The minimum atomic E-state index is -1.05. The monoisotopic (exact) mass is 258 g/mol. The lowest BCUT2D eigenvalue weighted by molar-refractivity contribution is 0.0697. The quantitative estimate of drug-likeness (QED) is 0.872. The molecule has 0 aliphatic carbocycles. The Bertz CT molecular complexity index is 584. The van der Waals surface area contributed by atoms with Crippen molar-refractivity contribution in [2.75, 3.05) is 5.32 Å². The molecule has 0 amide bonds. The number of pyridine rings is 1. The summed E-state index contributed by atoms with van der Waals surface area (Å²) in [4.78, 5) is 23.4. The average molecular weight is 258 g/mol. The van der Waals surface area contributed by atoms with Gasteiger partial charge in [0.2, 0.25) is 0 Å². The summed E-state index contributed by atoms with van der Waals surface area (Å²) in [6.45, 7) is 3.83. The molecule has 0 atom stereocenters. The van der Waals surface area contributed by atoms with Gasteiger partial charge in [-0.05, 0) is 26.0 Å². The van der Waals surface area contributed by atoms with E-state index in [0.717, 1.165) is 5.56 Å². The molecule has 0 aliphatic rings. The molecule has 2 aromatic heterocycles. The fraction of sp³-hybridized carbons (Fsp3) is 0.231. The summed E-state index contributed by atoms with van der Waals surface area (Å²) in [7, 11) is 0. The summed E-state index contributed by atoms with van der Waals surface area (Å²) < 4.78 is 0. The van der Waals surface area contributed by atoms with Crippen molar-refractivity contribution in [2.24, 2.45) is 0 Å². The van der Waals surface area contributed by atoms with E-state index in [9.17, 15) is 4.79 Å². The molecular weight excluding hydrogens is 244 g/mol. The molecule has 6 nitrogen and oxygen atoms in total. The van der Waals surface area contributed by atoms with Crippen molar-refractivity contribution in [2.45, 2.75) is 19.9 Å². The Hall–Kier alpha value is -2.50. The molecule has 0 radical (unpaired) electrons. The van der Waals surface area contributed by atoms with E-state index in [-0.39, 0.29) is 11.6 Å². The number of hydrogen-bond acceptors (Lipinski definition) is 5. The van der Waals surface area contributed by atoms with Crippen LogP contribution in [0.3, 0.4) is 0 Å². The predicted octanol–water partition coefficient (Wildman–Crippen LogP) is 2.06. The third kappa shape index (κ3) is 3.04. The van der Waals surface area contributed by atoms with Crippen LogP contribution >= 0.6 is 0 Å². The Morgan fingerprint density at radius 1 is 1.37 bits per heavy atom. The Balaban J connectivity index is 2.46. The number of carboxylic acids is 1. The summed E-state index contributed by atoms with van der Waals surface area (Å²) in [6, 6.07) is 3.68. The highest BCUT2D eigenvalue weighted by molar-refractivity contribution is 5.93. The summed E-state index contributed by atoms with van der Waals surface area (Å²) >= 11 is 0. The number of carbonyl (C=O) groups is 1. The first kappa shape index (κ1) is 12.9. The van der Waals surface area contributed by atoms with Crippen LogP contribution in [0.4, 0.5) is 5.82 Å². The van der Waals surface area contributed by atoms with Gasteiger partial charge in [0.15, 0.2) is 5.82 Å². The van der Waals surface area contributed by atoms with E-state index in [4.69, 9.17) is 5.11 Å². The molecule has 98 valence electrons. The van der Waals surface area contributed by atoms with E-state index in [0.29, 0.717) is 11.6 Å². The number of nitrogens with one attached hydrogen (secondary N) is 1. The van der Waals surface area contributed by atoms with Crippen molar-refractivity contribution >= 4 is 11.8 Å². The second-order valence-corrected chi connectivity index (χ2v) is 4.30. The van der Waals surface area contributed by atoms with Crippen LogP contribution in [0.15, 0.2) is 30.7 Å². The summed E-state index contributed by atoms with van der Waals surface area (Å²) in [5.41, 5.74) is 0.799. The lowest BCUT2D eigenvalue weighted by Crippen LogP contribution is -2.16. The van der Waals surface area contributed by atoms with Crippen LogP contribution in [0.25, 0.3) is 11.4 Å². The van der Waals surface area contributed by atoms with Gasteiger partial charge in [-0.3, -0.25) is 4.98 Å². The molecular formula is C13H14N4O2. The normalized spacial score (nSPS) is 10.5. The number of aromatic carboxylic acids is 1. The Morgan fingerprint density at radius 2 is 2.16 bits per heavy atom. The van der Waals surface area contributed by atoms with E-state index in [2.05, 4.69) is 20.3 Å². The minimum absolute atomic E-state index is 0.0568. The van der Waals surface area contributed by atoms with Crippen molar-refractivity contribution < 1.29 is 9.90 Å². The highest BCUT2D eigenvalue weighted by Gasteiger charge is 2.15. The molecule has 0 fully saturated rings. The smallest absolute Gasteiger partial charge is 0.341 e. The Kier molecular flexibility index (Phi) is 3.70. The summed E-state index contributed by atoms with van der Waals surface area (Å²) in [5.74, 6) is -0.293. The summed E-state index contributed by atoms with van der Waals surface area (Å²) in [5, 5.41) is 12.1. The van der Waals surface area contributed by atoms with E-state index >= 15 is 0 Å². The molecule has 2 N–H and O–H groups in total. The molecule has 0 aromatic carbocycles. The maximum absolute atomic E-state index is 11.1. The molecule has 2 rings (SSSR count). The van der Waals surface area contributed by atoms with Crippen LogP contribution in [-0.4, -0.2) is 32.1 Å². The van der Waals surface area contributed by atoms with Gasteiger partial charge in [-0.25, -0.2) is 14.8 Å². The second-order valence-electron chi connectivity index (χ2n) is 4.30. The van der Waals surface area contributed by atoms with Crippen molar-refractivity contribution in [1.29, 1.82) is 0 Å². The van der Waals surface area contributed by atoms with Gasteiger partial charge < -0.3 is 10.4 Å². The maximum atomic E-state index is 11.1. The van der Waals surface area contributed by atoms with Gasteiger partial charge in [0.1, 0.15) is 11.4 Å². The molecule has 0 saturated heterocycles. The fourth-order valence-electron chi connectivity index (χ4n) is 1.56. The third-order valence-electron chi connectivity index (χ3n) is 2.36. The van der Waals surface area contributed by atoms with Gasteiger partial charge in [-0.2, -0.15) is 0 Å². The van der Waals surface area contributed by atoms with Crippen molar-refractivity contribution in [3.05, 3.63) is 36.3 Å². The first-order chi connectivity index (χ1) is 9.08. The van der Waals surface area contributed by atoms with Gasteiger partial charge in [0, 0.05) is 30.2 Å². The zero-order chi connectivity index (χ0) is 13.8. The van der Waals surface area contributed by atoms with Crippen LogP contribution in [0.1, 0.15) is 24.2 Å². The van der Waals surface area contributed by atoms with E-state index in [1.165, 1.54) is 6.20 Å². The zero-order valence-corrected chi connectivity index (χ0v) is 10.7. The molecule has 0 spiro atoms. The number of aromatic nitrogens is 3. The third-order valence-corrected chi connectivity index (χ3v) is 2.36. The molecule has 2 heterocycles. The maximum Gasteiger partial charge on any atom is 0.341 e. The highest BCUT2D eigenvalue weighted by Crippen LogP contribution is 2.19. The van der Waals surface area contributed by atoms with Gasteiger partial charge in [-0.1, -0.05) is 0 Å². The largest absolute Gasteiger partial charge is 0.477 e. The number of nitrogens with zero attached hydrogens (tertiary/aromatic N) is 3. The fourth-order valence-corrected chi connectivity index (χ4v) is 1.56. The standard InChI is InChI=1S/C13H14N4O2/c1-8(2)16-12-10(13(18)19)7-15-11(17-12)9-4-3-5-14-6-9/h3-8H,1-2H3,(H,18,19)(H,15,16,17). The number of hydrogen-bond donors (Lipinski definition) is 2. The molecule has 19 heavy (non-hydrogen) atoms. The molecule has 0 aliphatic heterocycles. The van der Waals surface area contributed by atoms with Crippen molar-refractivity contribution in [3.63, 3.8) is 0 Å². The topological polar surface area (TPSA) is 88.0 Å². The van der Waals surface area contributed by atoms with Crippen LogP contribution in [-0.2, 0) is 0 Å². The first-order valence-corrected chi connectivity index (χ1v) is 5.85. The van der Waals surface area contributed by atoms with Gasteiger partial charge in [-0.15, -0.1) is 0 Å². The number of rotatable bonds is 4. The van der Waals surface area contributed by atoms with E-state index in [1.807, 2.05) is 19.9 Å². The van der Waals surface area contributed by atoms with E-state index in [1.54, 1.807) is 18.5 Å². The Morgan fingerprint density at radius 3 is 2.74 bits per heavy atom. The lowest BCUT2D eigenvalue weighted by atomic mass is 10.2. The second kappa shape index (κ2) is 5.43. The molecule has 0 unspecified atom stereocenters. The molecule has 0 bridgehead atoms. The van der Waals surface area contributed by atoms with Crippen LogP contribution < -0.4 is 5.32 Å². The summed E-state index contributed by atoms with van der Waals surface area (Å²) in [6.07, 6.45) is 4.60. The lowest BCUT2D eigenvalue weighted by Gasteiger charge is -2.12. The van der Waals surface area contributed by atoms with Crippen molar-refractivity contribution in [1.82, 2.24) is 15.0 Å². The Labute approximate surface area is 110 Å². The zero-order valence-electron chi connectivity index (χ0n) is 10.7. The SMILES string of the molecule is CC(C)Nc1nc(-c2cccnc2)ncc1C(=O)O. The minimum Gasteiger partial charge on any atom is -0.477 e. The molecule has 2 aromatic rings. The van der Waals surface area contributed by atoms with Gasteiger partial charge >= 0.3 is 5.97 Å². The average Bonchev–Trinajstić information content (AvgIpc) is 2.38. The van der Waals surface area contributed by atoms with E-state index < -0.39 is 5.97 Å². The molecule has 0 saturated carbocycles. The number of carboxylic acid groups (broad SMARTS) is 1. The van der Waals surface area contributed by atoms with Crippen LogP contribution in [0.2, 0.25) is 0 Å². The first-order valence-electron chi connectivity index (χ1n) is 5.85. The molecule has 6 heteroatoms. The number of anilines is 1. The van der Waals surface area contributed by atoms with Crippen LogP contribution in [0, 0.1) is 0 Å². The van der Waals surface area contributed by atoms with Gasteiger partial charge in [0.05, 0.1) is 0 Å².